The van der Waals surface area contributed by atoms with Crippen LogP contribution < -0.4 is 14.2 Å². The van der Waals surface area contributed by atoms with Crippen LogP contribution in [-0.2, 0) is 14.8 Å². The minimum Gasteiger partial charge on any atom is -0.493 e. The van der Waals surface area contributed by atoms with E-state index in [0.717, 1.165) is 25.7 Å². The summed E-state index contributed by atoms with van der Waals surface area (Å²) >= 11 is 0. The predicted molar refractivity (Wildman–Crippen MR) is 76.8 cm³/mol. The van der Waals surface area contributed by atoms with Crippen molar-refractivity contribution in [1.29, 1.82) is 0 Å². The van der Waals surface area contributed by atoms with E-state index in [-0.39, 0.29) is 10.8 Å². The zero-order valence-electron chi connectivity index (χ0n) is 12.1. The zero-order chi connectivity index (χ0) is 15.5. The molecule has 0 aromatic heterocycles. The van der Waals surface area contributed by atoms with E-state index in [1.807, 2.05) is 0 Å². The van der Waals surface area contributed by atoms with Crippen LogP contribution in [0.15, 0.2) is 23.1 Å². The number of hydrogen-bond acceptors (Lipinski definition) is 5. The quantitative estimate of drug-likeness (QED) is 0.894. The predicted octanol–water partition coefficient (Wildman–Crippen LogP) is 1.70. The maximum atomic E-state index is 12.2. The van der Waals surface area contributed by atoms with Crippen LogP contribution in [0.2, 0.25) is 0 Å². The second-order valence-corrected chi connectivity index (χ2v) is 6.65. The molecule has 6 nitrogen and oxygen atoms in total. The molecule has 0 bridgehead atoms. The standard InChI is InChI=1S/C14H19NO5S/c1-19-12-8-7-11(9-13(12)20-2)21(17,18)15-14(16)10-5-3-4-6-10/h7-10H,3-6H2,1-2H3,(H,15,16). The van der Waals surface area contributed by atoms with E-state index >= 15 is 0 Å². The lowest BCUT2D eigenvalue weighted by molar-refractivity contribution is -0.122. The van der Waals surface area contributed by atoms with Gasteiger partial charge in [0.1, 0.15) is 0 Å². The summed E-state index contributed by atoms with van der Waals surface area (Å²) in [6.07, 6.45) is 3.42. The van der Waals surface area contributed by atoms with Crippen molar-refractivity contribution < 1.29 is 22.7 Å². The van der Waals surface area contributed by atoms with Crippen LogP contribution in [0.3, 0.4) is 0 Å². The number of carbonyl (C=O) groups is 1. The van der Waals surface area contributed by atoms with Gasteiger partial charge in [0.05, 0.1) is 19.1 Å². The highest BCUT2D eigenvalue weighted by Crippen LogP contribution is 2.30. The molecule has 0 radical (unpaired) electrons. The monoisotopic (exact) mass is 313 g/mol. The molecule has 0 heterocycles. The molecule has 2 rings (SSSR count). The Labute approximate surface area is 124 Å². The number of sulfonamides is 1. The number of ether oxygens (including phenoxy) is 2. The fourth-order valence-corrected chi connectivity index (χ4v) is 3.51. The lowest BCUT2D eigenvalue weighted by atomic mass is 10.1. The molecule has 1 aliphatic rings. The van der Waals surface area contributed by atoms with Gasteiger partial charge in [0.2, 0.25) is 5.91 Å². The van der Waals surface area contributed by atoms with Gasteiger partial charge in [0.25, 0.3) is 10.0 Å². The normalized spacial score (nSPS) is 15.7. The van der Waals surface area contributed by atoms with Crippen LogP contribution in [-0.4, -0.2) is 28.5 Å². The zero-order valence-corrected chi connectivity index (χ0v) is 12.9. The molecule has 1 aliphatic carbocycles. The molecule has 1 aromatic rings. The van der Waals surface area contributed by atoms with Crippen molar-refractivity contribution in [3.05, 3.63) is 18.2 Å². The highest BCUT2D eigenvalue weighted by molar-refractivity contribution is 7.90. The van der Waals surface area contributed by atoms with E-state index in [9.17, 15) is 13.2 Å². The molecular weight excluding hydrogens is 294 g/mol. The highest BCUT2D eigenvalue weighted by atomic mass is 32.2. The minimum atomic E-state index is -3.89. The topological polar surface area (TPSA) is 81.7 Å². The van der Waals surface area contributed by atoms with Crippen molar-refractivity contribution in [3.63, 3.8) is 0 Å². The van der Waals surface area contributed by atoms with Crippen molar-refractivity contribution in [2.24, 2.45) is 5.92 Å². The van der Waals surface area contributed by atoms with Gasteiger partial charge < -0.3 is 9.47 Å². The Morgan fingerprint density at radius 1 is 1.14 bits per heavy atom. The maximum absolute atomic E-state index is 12.2. The summed E-state index contributed by atoms with van der Waals surface area (Å²) in [4.78, 5) is 11.9. The number of benzene rings is 1. The SMILES string of the molecule is COc1ccc(S(=O)(=O)NC(=O)C2CCCC2)cc1OC. The van der Waals surface area contributed by atoms with E-state index in [1.165, 1.54) is 32.4 Å². The molecule has 1 aromatic carbocycles. The van der Waals surface area contributed by atoms with Gasteiger partial charge in [0.15, 0.2) is 11.5 Å². The largest absolute Gasteiger partial charge is 0.493 e. The Bertz CT molecular complexity index is 620. The average Bonchev–Trinajstić information content (AvgIpc) is 3.00. The number of methoxy groups -OCH3 is 2. The first-order valence-electron chi connectivity index (χ1n) is 6.76. The Kier molecular flexibility index (Phi) is 4.72. The molecule has 116 valence electrons. The van der Waals surface area contributed by atoms with E-state index in [4.69, 9.17) is 9.47 Å². The highest BCUT2D eigenvalue weighted by Gasteiger charge is 2.27. The van der Waals surface area contributed by atoms with E-state index < -0.39 is 15.9 Å². The molecular formula is C14H19NO5S. The van der Waals surface area contributed by atoms with Gasteiger partial charge in [-0.3, -0.25) is 4.79 Å². The van der Waals surface area contributed by atoms with Crippen molar-refractivity contribution in [2.45, 2.75) is 30.6 Å². The summed E-state index contributed by atoms with van der Waals surface area (Å²) in [5, 5.41) is 0. The van der Waals surface area contributed by atoms with Crippen LogP contribution >= 0.6 is 0 Å². The van der Waals surface area contributed by atoms with E-state index in [2.05, 4.69) is 4.72 Å². The molecule has 0 saturated heterocycles. The van der Waals surface area contributed by atoms with Gasteiger partial charge >= 0.3 is 0 Å². The van der Waals surface area contributed by atoms with Crippen molar-refractivity contribution in [2.75, 3.05) is 14.2 Å². The van der Waals surface area contributed by atoms with Crippen LogP contribution in [0, 0.1) is 5.92 Å². The fourth-order valence-electron chi connectivity index (χ4n) is 2.45. The molecule has 0 atom stereocenters. The summed E-state index contributed by atoms with van der Waals surface area (Å²) < 4.78 is 36.8. The van der Waals surface area contributed by atoms with Gasteiger partial charge in [0, 0.05) is 12.0 Å². The van der Waals surface area contributed by atoms with Gasteiger partial charge in [-0.2, -0.15) is 0 Å². The third-order valence-corrected chi connectivity index (χ3v) is 4.97. The van der Waals surface area contributed by atoms with Crippen LogP contribution in [0.25, 0.3) is 0 Å². The number of amides is 1. The third-order valence-electron chi connectivity index (χ3n) is 3.63. The van der Waals surface area contributed by atoms with Gasteiger partial charge in [-0.05, 0) is 25.0 Å². The number of hydrogen-bond donors (Lipinski definition) is 1. The van der Waals surface area contributed by atoms with Crippen molar-refractivity contribution in [1.82, 2.24) is 4.72 Å². The van der Waals surface area contributed by atoms with Crippen LogP contribution in [0.4, 0.5) is 0 Å². The molecule has 1 N–H and O–H groups in total. The molecule has 0 aliphatic heterocycles. The summed E-state index contributed by atoms with van der Waals surface area (Å²) in [5.74, 6) is 0.0921. The fraction of sp³-hybridized carbons (Fsp3) is 0.500. The molecule has 21 heavy (non-hydrogen) atoms. The number of rotatable bonds is 5. The lowest BCUT2D eigenvalue weighted by Gasteiger charge is -2.13. The van der Waals surface area contributed by atoms with Gasteiger partial charge in [-0.15, -0.1) is 0 Å². The minimum absolute atomic E-state index is 0.0218. The Balaban J connectivity index is 2.20. The first kappa shape index (κ1) is 15.6. The molecule has 1 amide bonds. The molecule has 0 unspecified atom stereocenters. The number of nitrogens with one attached hydrogen (secondary N) is 1. The first-order chi connectivity index (χ1) is 9.97. The van der Waals surface area contributed by atoms with E-state index in [1.54, 1.807) is 0 Å². The smallest absolute Gasteiger partial charge is 0.264 e. The second kappa shape index (κ2) is 6.34. The lowest BCUT2D eigenvalue weighted by Crippen LogP contribution is -2.34. The number of carbonyl (C=O) groups excluding carboxylic acids is 1. The van der Waals surface area contributed by atoms with Crippen molar-refractivity contribution >= 4 is 15.9 Å². The molecule has 1 saturated carbocycles. The van der Waals surface area contributed by atoms with Crippen LogP contribution in [0.5, 0.6) is 11.5 Å². The Morgan fingerprint density at radius 2 is 1.76 bits per heavy atom. The Hall–Kier alpha value is -1.76. The molecule has 0 spiro atoms. The van der Waals surface area contributed by atoms with E-state index in [0.29, 0.717) is 11.5 Å². The average molecular weight is 313 g/mol. The van der Waals surface area contributed by atoms with Crippen molar-refractivity contribution in [3.8, 4) is 11.5 Å². The van der Waals surface area contributed by atoms with Gasteiger partial charge in [-0.25, -0.2) is 13.1 Å². The third kappa shape index (κ3) is 3.47. The molecule has 1 fully saturated rings. The second-order valence-electron chi connectivity index (χ2n) is 4.97. The summed E-state index contributed by atoms with van der Waals surface area (Å²) in [5.41, 5.74) is 0. The summed E-state index contributed by atoms with van der Waals surface area (Å²) in [7, 11) is -1.00. The molecule has 7 heteroatoms. The first-order valence-corrected chi connectivity index (χ1v) is 8.25. The Morgan fingerprint density at radius 3 is 2.33 bits per heavy atom. The summed E-state index contributed by atoms with van der Waals surface area (Å²) in [6, 6.07) is 4.21. The maximum Gasteiger partial charge on any atom is 0.264 e. The summed E-state index contributed by atoms with van der Waals surface area (Å²) in [6.45, 7) is 0. The van der Waals surface area contributed by atoms with Crippen LogP contribution in [0.1, 0.15) is 25.7 Å². The van der Waals surface area contributed by atoms with Gasteiger partial charge in [-0.1, -0.05) is 12.8 Å².